The highest BCUT2D eigenvalue weighted by Crippen LogP contribution is 2.38. The summed E-state index contributed by atoms with van der Waals surface area (Å²) in [5.74, 6) is -1.56. The SMILES string of the molecule is Oc1c(F)cccc1C1CC(c2cc(C(F)(F)F)cc(C(F)(F)F)c2)=NN1. The summed E-state index contributed by atoms with van der Waals surface area (Å²) in [5, 5.41) is 13.5. The molecule has 0 aromatic heterocycles. The molecule has 0 bridgehead atoms. The first-order valence-electron chi connectivity index (χ1n) is 7.56. The summed E-state index contributed by atoms with van der Waals surface area (Å²) in [7, 11) is 0. The molecule has 3 rings (SSSR count). The predicted octanol–water partition coefficient (Wildman–Crippen LogP) is 5.01. The summed E-state index contributed by atoms with van der Waals surface area (Å²) in [5.41, 5.74) is -0.732. The Kier molecular flexibility index (Phi) is 4.52. The van der Waals surface area contributed by atoms with Gasteiger partial charge in [0.2, 0.25) is 0 Å². The third-order valence-electron chi connectivity index (χ3n) is 4.07. The summed E-state index contributed by atoms with van der Waals surface area (Å²) in [6.07, 6.45) is -10.1. The number of phenols is 1. The molecule has 1 aliphatic heterocycles. The Morgan fingerprint density at radius 3 is 2.11 bits per heavy atom. The van der Waals surface area contributed by atoms with E-state index in [1.807, 2.05) is 0 Å². The van der Waals surface area contributed by atoms with E-state index in [0.717, 1.165) is 6.07 Å². The molecule has 1 aliphatic rings. The summed E-state index contributed by atoms with van der Waals surface area (Å²) >= 11 is 0. The number of hydrazone groups is 1. The summed E-state index contributed by atoms with van der Waals surface area (Å²) in [4.78, 5) is 0. The Labute approximate surface area is 148 Å². The van der Waals surface area contributed by atoms with E-state index in [4.69, 9.17) is 0 Å². The lowest BCUT2D eigenvalue weighted by molar-refractivity contribution is -0.143. The monoisotopic (exact) mass is 392 g/mol. The van der Waals surface area contributed by atoms with Crippen molar-refractivity contribution in [3.05, 3.63) is 64.5 Å². The molecule has 0 aliphatic carbocycles. The van der Waals surface area contributed by atoms with Crippen molar-refractivity contribution in [2.45, 2.75) is 24.8 Å². The number of nitrogens with zero attached hydrogens (tertiary/aromatic N) is 1. The molecule has 0 fully saturated rings. The molecule has 2 aromatic rings. The number of rotatable bonds is 2. The van der Waals surface area contributed by atoms with Crippen molar-refractivity contribution in [1.82, 2.24) is 5.43 Å². The van der Waals surface area contributed by atoms with Gasteiger partial charge in [-0.05, 0) is 29.8 Å². The van der Waals surface area contributed by atoms with Gasteiger partial charge in [-0.2, -0.15) is 31.4 Å². The quantitative estimate of drug-likeness (QED) is 0.706. The van der Waals surface area contributed by atoms with Gasteiger partial charge in [0, 0.05) is 12.0 Å². The predicted molar refractivity (Wildman–Crippen MR) is 81.5 cm³/mol. The van der Waals surface area contributed by atoms with E-state index in [2.05, 4.69) is 10.5 Å². The van der Waals surface area contributed by atoms with Crippen LogP contribution in [0, 0.1) is 5.82 Å². The van der Waals surface area contributed by atoms with Gasteiger partial charge in [0.1, 0.15) is 0 Å². The Morgan fingerprint density at radius 1 is 0.963 bits per heavy atom. The number of benzene rings is 2. The van der Waals surface area contributed by atoms with Crippen molar-refractivity contribution in [2.75, 3.05) is 0 Å². The van der Waals surface area contributed by atoms with Gasteiger partial charge in [-0.3, -0.25) is 0 Å². The highest BCUT2D eigenvalue weighted by Gasteiger charge is 2.38. The molecule has 144 valence electrons. The number of halogens is 7. The summed E-state index contributed by atoms with van der Waals surface area (Å²) < 4.78 is 91.2. The molecule has 0 radical (unpaired) electrons. The zero-order valence-corrected chi connectivity index (χ0v) is 13.3. The first-order chi connectivity index (χ1) is 12.5. The van der Waals surface area contributed by atoms with E-state index in [9.17, 15) is 35.8 Å². The smallest absolute Gasteiger partial charge is 0.416 e. The van der Waals surface area contributed by atoms with Crippen molar-refractivity contribution in [3.8, 4) is 5.75 Å². The van der Waals surface area contributed by atoms with E-state index >= 15 is 0 Å². The molecule has 3 nitrogen and oxygen atoms in total. The Hall–Kier alpha value is -2.78. The Morgan fingerprint density at radius 2 is 1.56 bits per heavy atom. The maximum atomic E-state index is 13.5. The third-order valence-corrected chi connectivity index (χ3v) is 4.07. The minimum Gasteiger partial charge on any atom is -0.505 e. The molecule has 0 saturated heterocycles. The zero-order valence-electron chi connectivity index (χ0n) is 13.3. The van der Waals surface area contributed by atoms with Gasteiger partial charge in [-0.25, -0.2) is 4.39 Å². The van der Waals surface area contributed by atoms with E-state index in [1.54, 1.807) is 0 Å². The number of para-hydroxylation sites is 1. The van der Waals surface area contributed by atoms with Crippen LogP contribution in [0.25, 0.3) is 0 Å². The van der Waals surface area contributed by atoms with Gasteiger partial charge in [0.25, 0.3) is 0 Å². The molecule has 0 spiro atoms. The Balaban J connectivity index is 1.96. The molecule has 2 N–H and O–H groups in total. The standard InChI is InChI=1S/C17H11F7N2O/c18-12-3-1-2-11(15(12)27)14-7-13(25-26-14)8-4-9(16(19,20)21)6-10(5-8)17(22,23)24/h1-6,14,26-27H,7H2. The van der Waals surface area contributed by atoms with Crippen molar-refractivity contribution in [1.29, 1.82) is 0 Å². The highest BCUT2D eigenvalue weighted by molar-refractivity contribution is 6.02. The molecule has 1 atom stereocenters. The number of hydrogen-bond acceptors (Lipinski definition) is 3. The number of phenolic OH excluding ortho intramolecular Hbond substituents is 1. The lowest BCUT2D eigenvalue weighted by Crippen LogP contribution is -2.14. The molecule has 2 aromatic carbocycles. The largest absolute Gasteiger partial charge is 0.505 e. The van der Waals surface area contributed by atoms with Crippen LogP contribution in [0.1, 0.15) is 34.7 Å². The van der Waals surface area contributed by atoms with Crippen LogP contribution in [0.4, 0.5) is 30.7 Å². The summed E-state index contributed by atoms with van der Waals surface area (Å²) in [6, 6.07) is 4.09. The number of aromatic hydroxyl groups is 1. The van der Waals surface area contributed by atoms with Gasteiger partial charge < -0.3 is 10.5 Å². The summed E-state index contributed by atoms with van der Waals surface area (Å²) in [6.45, 7) is 0. The van der Waals surface area contributed by atoms with Crippen LogP contribution in [-0.4, -0.2) is 10.8 Å². The maximum Gasteiger partial charge on any atom is 0.416 e. The fraction of sp³-hybridized carbons (Fsp3) is 0.235. The molecule has 1 unspecified atom stereocenters. The average molecular weight is 392 g/mol. The van der Waals surface area contributed by atoms with Gasteiger partial charge in [0.05, 0.1) is 22.9 Å². The number of nitrogens with one attached hydrogen (secondary N) is 1. The van der Waals surface area contributed by atoms with E-state index < -0.39 is 41.1 Å². The minimum absolute atomic E-state index is 0.0301. The maximum absolute atomic E-state index is 13.5. The second-order valence-corrected chi connectivity index (χ2v) is 5.92. The number of alkyl halides is 6. The first kappa shape index (κ1) is 19.0. The zero-order chi connectivity index (χ0) is 20.0. The second kappa shape index (κ2) is 6.43. The molecule has 1 heterocycles. The van der Waals surface area contributed by atoms with Crippen LogP contribution in [0.3, 0.4) is 0 Å². The molecular formula is C17H11F7N2O. The van der Waals surface area contributed by atoms with Crippen molar-refractivity contribution >= 4 is 5.71 Å². The minimum atomic E-state index is -4.97. The van der Waals surface area contributed by atoms with Crippen LogP contribution >= 0.6 is 0 Å². The van der Waals surface area contributed by atoms with Crippen LogP contribution in [0.2, 0.25) is 0 Å². The van der Waals surface area contributed by atoms with Gasteiger partial charge >= 0.3 is 12.4 Å². The molecule has 0 amide bonds. The van der Waals surface area contributed by atoms with Crippen LogP contribution < -0.4 is 5.43 Å². The molecular weight excluding hydrogens is 381 g/mol. The van der Waals surface area contributed by atoms with Crippen molar-refractivity contribution < 1.29 is 35.8 Å². The topological polar surface area (TPSA) is 44.6 Å². The van der Waals surface area contributed by atoms with Crippen LogP contribution in [-0.2, 0) is 12.4 Å². The van der Waals surface area contributed by atoms with Crippen molar-refractivity contribution in [2.24, 2.45) is 5.10 Å². The highest BCUT2D eigenvalue weighted by atomic mass is 19.4. The second-order valence-electron chi connectivity index (χ2n) is 5.92. The molecule has 0 saturated carbocycles. The van der Waals surface area contributed by atoms with Gasteiger partial charge in [-0.15, -0.1) is 0 Å². The van der Waals surface area contributed by atoms with Gasteiger partial charge in [-0.1, -0.05) is 12.1 Å². The van der Waals surface area contributed by atoms with E-state index in [0.29, 0.717) is 12.1 Å². The lowest BCUT2D eigenvalue weighted by atomic mass is 9.95. The van der Waals surface area contributed by atoms with Crippen molar-refractivity contribution in [3.63, 3.8) is 0 Å². The van der Waals surface area contributed by atoms with E-state index in [-0.39, 0.29) is 29.3 Å². The fourth-order valence-electron chi connectivity index (χ4n) is 2.74. The normalized spacial score (nSPS) is 17.6. The van der Waals surface area contributed by atoms with E-state index in [1.165, 1.54) is 12.1 Å². The average Bonchev–Trinajstić information content (AvgIpc) is 3.05. The van der Waals surface area contributed by atoms with Crippen LogP contribution in [0.5, 0.6) is 5.75 Å². The van der Waals surface area contributed by atoms with Gasteiger partial charge in [0.15, 0.2) is 11.6 Å². The lowest BCUT2D eigenvalue weighted by Gasteiger charge is -2.15. The molecule has 10 heteroatoms. The first-order valence-corrected chi connectivity index (χ1v) is 7.56. The number of hydrogen-bond donors (Lipinski definition) is 2. The Bertz CT molecular complexity index is 871. The third kappa shape index (κ3) is 3.83. The molecule has 27 heavy (non-hydrogen) atoms. The van der Waals surface area contributed by atoms with Crippen LogP contribution in [0.15, 0.2) is 41.5 Å². The fourth-order valence-corrected chi connectivity index (χ4v) is 2.74.